The molecule has 1 N–H and O–H groups in total. The van der Waals surface area contributed by atoms with Crippen LogP contribution in [0.1, 0.15) is 10.4 Å². The summed E-state index contributed by atoms with van der Waals surface area (Å²) >= 11 is 5.18. The number of rotatable bonds is 3. The Morgan fingerprint density at radius 2 is 2.29 bits per heavy atom. The number of amides is 1. The number of carbonyl (C=O) groups excluding carboxylic acids is 1. The minimum Gasteiger partial charge on any atom is -0.351 e. The summed E-state index contributed by atoms with van der Waals surface area (Å²) in [5.41, 5.74) is 0.343. The summed E-state index contributed by atoms with van der Waals surface area (Å²) in [6.45, 7) is 0.594. The van der Waals surface area contributed by atoms with E-state index >= 15 is 0 Å². The third-order valence-electron chi connectivity index (χ3n) is 1.56. The molecule has 0 aliphatic carbocycles. The Hall–Kier alpha value is -0.170. The Morgan fingerprint density at radius 3 is 2.86 bits per heavy atom. The zero-order valence-electron chi connectivity index (χ0n) is 7.19. The van der Waals surface area contributed by atoms with E-state index in [-0.39, 0.29) is 5.91 Å². The van der Waals surface area contributed by atoms with E-state index in [0.29, 0.717) is 16.6 Å². The summed E-state index contributed by atoms with van der Waals surface area (Å²) < 4.78 is 14.2. The van der Waals surface area contributed by atoms with Crippen molar-refractivity contribution in [1.29, 1.82) is 0 Å². The van der Waals surface area contributed by atoms with E-state index in [2.05, 4.69) is 43.8 Å². The molecule has 0 unspecified atom stereocenters. The molecule has 0 saturated heterocycles. The summed E-state index contributed by atoms with van der Waals surface area (Å²) in [5.74, 6) is -0.666. The van der Waals surface area contributed by atoms with Crippen molar-refractivity contribution in [2.45, 2.75) is 0 Å². The summed E-state index contributed by atoms with van der Waals surface area (Å²) in [6.07, 6.45) is 0. The Labute approximate surface area is 104 Å². The van der Waals surface area contributed by atoms with Gasteiger partial charge in [0, 0.05) is 16.5 Å². The number of hydrogen-bond acceptors (Lipinski definition) is 1. The molecule has 0 radical (unpaired) electrons. The quantitative estimate of drug-likeness (QED) is 0.642. The van der Waals surface area contributed by atoms with Crippen LogP contribution in [0.2, 0.25) is 0 Å². The zero-order valence-corrected chi connectivity index (χ0v) is 10.9. The van der Waals surface area contributed by atoms with E-state index in [4.69, 9.17) is 0 Å². The van der Waals surface area contributed by atoms with Crippen LogP contribution in [0.15, 0.2) is 22.7 Å². The van der Waals surface area contributed by atoms with Crippen molar-refractivity contribution < 1.29 is 9.18 Å². The normalized spacial score (nSPS) is 9.93. The van der Waals surface area contributed by atoms with E-state index in [1.807, 2.05) is 0 Å². The molecule has 1 rings (SSSR count). The van der Waals surface area contributed by atoms with Gasteiger partial charge in [-0.2, -0.15) is 0 Å². The Bertz CT molecular complexity index is 346. The van der Waals surface area contributed by atoms with E-state index in [9.17, 15) is 9.18 Å². The van der Waals surface area contributed by atoms with Gasteiger partial charge in [-0.25, -0.2) is 4.39 Å². The molecule has 0 aromatic heterocycles. The molecule has 0 heterocycles. The summed E-state index contributed by atoms with van der Waals surface area (Å²) in [7, 11) is 0. The fourth-order valence-corrected chi connectivity index (χ4v) is 1.42. The maximum Gasteiger partial charge on any atom is 0.251 e. The second-order valence-electron chi connectivity index (χ2n) is 2.57. The Morgan fingerprint density at radius 1 is 1.57 bits per heavy atom. The molecule has 0 aliphatic heterocycles. The highest BCUT2D eigenvalue weighted by atomic mass is 127. The van der Waals surface area contributed by atoms with Gasteiger partial charge in [-0.05, 0) is 34.1 Å². The maximum absolute atomic E-state index is 13.0. The van der Waals surface area contributed by atoms with Gasteiger partial charge >= 0.3 is 0 Å². The summed E-state index contributed by atoms with van der Waals surface area (Å²) in [6, 6.07) is 4.32. The van der Waals surface area contributed by atoms with Crippen LogP contribution in [0.25, 0.3) is 0 Å². The van der Waals surface area contributed by atoms with Gasteiger partial charge in [-0.3, -0.25) is 4.79 Å². The maximum atomic E-state index is 13.0. The highest BCUT2D eigenvalue weighted by Gasteiger charge is 2.07. The molecule has 0 atom stereocenters. The minimum absolute atomic E-state index is 0.243. The average Bonchev–Trinajstić information content (AvgIpc) is 2.18. The zero-order chi connectivity index (χ0) is 10.6. The molecule has 0 aliphatic rings. The second kappa shape index (κ2) is 5.65. The molecule has 76 valence electrons. The fourth-order valence-electron chi connectivity index (χ4n) is 0.900. The topological polar surface area (TPSA) is 29.1 Å². The molecule has 0 bridgehead atoms. The van der Waals surface area contributed by atoms with Gasteiger partial charge in [0.2, 0.25) is 0 Å². The number of halogens is 3. The number of nitrogens with one attached hydrogen (secondary N) is 1. The fraction of sp³-hybridized carbons (Fsp3) is 0.222. The van der Waals surface area contributed by atoms with E-state index in [1.54, 1.807) is 6.07 Å². The van der Waals surface area contributed by atoms with Crippen LogP contribution >= 0.6 is 38.5 Å². The molecule has 0 spiro atoms. The average molecular weight is 372 g/mol. The standard InChI is InChI=1S/C9H8BrFINO/c10-7-2-1-6(5-8(7)11)9(14)13-4-3-12/h1-2,5H,3-4H2,(H,13,14). The molecule has 1 amide bonds. The first-order valence-corrected chi connectivity index (χ1v) is 6.26. The van der Waals surface area contributed by atoms with Gasteiger partial charge in [0.1, 0.15) is 5.82 Å². The van der Waals surface area contributed by atoms with Crippen LogP contribution < -0.4 is 5.32 Å². The van der Waals surface area contributed by atoms with Crippen LogP contribution in [0.3, 0.4) is 0 Å². The third kappa shape index (κ3) is 3.20. The summed E-state index contributed by atoms with van der Waals surface area (Å²) in [5, 5.41) is 2.67. The van der Waals surface area contributed by atoms with Crippen molar-refractivity contribution in [3.8, 4) is 0 Å². The Balaban J connectivity index is 2.76. The molecule has 14 heavy (non-hydrogen) atoms. The second-order valence-corrected chi connectivity index (χ2v) is 4.51. The molecule has 1 aromatic carbocycles. The SMILES string of the molecule is O=C(NCCI)c1ccc(Br)c(F)c1. The van der Waals surface area contributed by atoms with E-state index < -0.39 is 5.82 Å². The first kappa shape index (κ1) is 11.9. The van der Waals surface area contributed by atoms with Gasteiger partial charge < -0.3 is 5.32 Å². The van der Waals surface area contributed by atoms with Gasteiger partial charge in [0.05, 0.1) is 4.47 Å². The lowest BCUT2D eigenvalue weighted by Crippen LogP contribution is -2.25. The monoisotopic (exact) mass is 371 g/mol. The van der Waals surface area contributed by atoms with Crippen molar-refractivity contribution in [3.63, 3.8) is 0 Å². The Kier molecular flexibility index (Phi) is 4.80. The van der Waals surface area contributed by atoms with Crippen molar-refractivity contribution in [2.75, 3.05) is 11.0 Å². The molecular weight excluding hydrogens is 364 g/mol. The molecule has 5 heteroatoms. The van der Waals surface area contributed by atoms with Crippen molar-refractivity contribution in [2.24, 2.45) is 0 Å². The van der Waals surface area contributed by atoms with Crippen LogP contribution in [-0.4, -0.2) is 16.9 Å². The largest absolute Gasteiger partial charge is 0.351 e. The molecule has 0 saturated carbocycles. The number of benzene rings is 1. The van der Waals surface area contributed by atoms with Crippen LogP contribution in [0.5, 0.6) is 0 Å². The van der Waals surface area contributed by atoms with Crippen molar-refractivity contribution in [3.05, 3.63) is 34.1 Å². The lowest BCUT2D eigenvalue weighted by Gasteiger charge is -2.03. The lowest BCUT2D eigenvalue weighted by atomic mass is 10.2. The molecule has 1 aromatic rings. The van der Waals surface area contributed by atoms with Crippen LogP contribution in [0.4, 0.5) is 4.39 Å². The highest BCUT2D eigenvalue weighted by Crippen LogP contribution is 2.16. The van der Waals surface area contributed by atoms with E-state index in [1.165, 1.54) is 12.1 Å². The molecular formula is C9H8BrFINO. The predicted octanol–water partition coefficient (Wildman–Crippen LogP) is 2.75. The predicted molar refractivity (Wildman–Crippen MR) is 65.3 cm³/mol. The first-order valence-electron chi connectivity index (χ1n) is 3.94. The van der Waals surface area contributed by atoms with Gasteiger partial charge in [0.25, 0.3) is 5.91 Å². The van der Waals surface area contributed by atoms with Crippen molar-refractivity contribution in [1.82, 2.24) is 5.32 Å². The molecule has 2 nitrogen and oxygen atoms in total. The number of carbonyl (C=O) groups is 1. The number of alkyl halides is 1. The van der Waals surface area contributed by atoms with Gasteiger partial charge in [0.15, 0.2) is 0 Å². The van der Waals surface area contributed by atoms with Crippen LogP contribution in [-0.2, 0) is 0 Å². The van der Waals surface area contributed by atoms with Gasteiger partial charge in [-0.1, -0.05) is 22.6 Å². The number of hydrogen-bond donors (Lipinski definition) is 1. The highest BCUT2D eigenvalue weighted by molar-refractivity contribution is 14.1. The summed E-state index contributed by atoms with van der Waals surface area (Å²) in [4.78, 5) is 11.4. The van der Waals surface area contributed by atoms with E-state index in [0.717, 1.165) is 4.43 Å². The molecule has 0 fully saturated rings. The third-order valence-corrected chi connectivity index (χ3v) is 2.74. The van der Waals surface area contributed by atoms with Crippen LogP contribution in [0, 0.1) is 5.82 Å². The first-order chi connectivity index (χ1) is 6.65. The smallest absolute Gasteiger partial charge is 0.251 e. The van der Waals surface area contributed by atoms with Crippen molar-refractivity contribution >= 4 is 44.4 Å². The van der Waals surface area contributed by atoms with Gasteiger partial charge in [-0.15, -0.1) is 0 Å². The minimum atomic E-state index is -0.424. The lowest BCUT2D eigenvalue weighted by molar-refractivity contribution is 0.0956.